The first kappa shape index (κ1) is 13.5. The summed E-state index contributed by atoms with van der Waals surface area (Å²) >= 11 is 0. The van der Waals surface area contributed by atoms with Crippen molar-refractivity contribution in [2.45, 2.75) is 58.5 Å². The fourth-order valence-corrected chi connectivity index (χ4v) is 2.47. The second-order valence-electron chi connectivity index (χ2n) is 5.16. The number of piperidine rings is 1. The number of nitrogens with one attached hydrogen (secondary N) is 1. The SMILES string of the molecule is CCCC(C)N(C)C(=O)C1CCNC(C)C1. The van der Waals surface area contributed by atoms with Crippen LogP contribution in [0.4, 0.5) is 0 Å². The second kappa shape index (κ2) is 6.24. The molecule has 94 valence electrons. The van der Waals surface area contributed by atoms with Crippen LogP contribution in [0.2, 0.25) is 0 Å². The van der Waals surface area contributed by atoms with E-state index in [9.17, 15) is 4.79 Å². The van der Waals surface area contributed by atoms with Crippen molar-refractivity contribution >= 4 is 5.91 Å². The highest BCUT2D eigenvalue weighted by atomic mass is 16.2. The zero-order chi connectivity index (χ0) is 12.1. The lowest BCUT2D eigenvalue weighted by atomic mass is 9.91. The van der Waals surface area contributed by atoms with Crippen molar-refractivity contribution in [1.29, 1.82) is 0 Å². The molecule has 1 rings (SSSR count). The maximum absolute atomic E-state index is 12.3. The fraction of sp³-hybridized carbons (Fsp3) is 0.923. The van der Waals surface area contributed by atoms with Crippen molar-refractivity contribution in [2.75, 3.05) is 13.6 Å². The zero-order valence-electron chi connectivity index (χ0n) is 11.1. The molecule has 16 heavy (non-hydrogen) atoms. The van der Waals surface area contributed by atoms with E-state index < -0.39 is 0 Å². The summed E-state index contributed by atoms with van der Waals surface area (Å²) in [5.41, 5.74) is 0. The Morgan fingerprint density at radius 1 is 1.56 bits per heavy atom. The van der Waals surface area contributed by atoms with E-state index in [0.29, 0.717) is 18.0 Å². The molecule has 1 amide bonds. The molecular weight excluding hydrogens is 200 g/mol. The molecule has 0 aromatic rings. The predicted octanol–water partition coefficient (Wildman–Crippen LogP) is 2.02. The van der Waals surface area contributed by atoms with Gasteiger partial charge in [-0.1, -0.05) is 13.3 Å². The Hall–Kier alpha value is -0.570. The number of rotatable bonds is 4. The minimum Gasteiger partial charge on any atom is -0.343 e. The van der Waals surface area contributed by atoms with Gasteiger partial charge in [-0.05, 0) is 39.7 Å². The molecule has 3 atom stereocenters. The van der Waals surface area contributed by atoms with Crippen molar-refractivity contribution in [2.24, 2.45) is 5.92 Å². The Labute approximate surface area is 99.6 Å². The van der Waals surface area contributed by atoms with Gasteiger partial charge in [0.1, 0.15) is 0 Å². The molecule has 3 unspecified atom stereocenters. The molecule has 3 nitrogen and oxygen atoms in total. The van der Waals surface area contributed by atoms with E-state index in [4.69, 9.17) is 0 Å². The van der Waals surface area contributed by atoms with E-state index in [0.717, 1.165) is 32.2 Å². The third-order valence-electron chi connectivity index (χ3n) is 3.69. The lowest BCUT2D eigenvalue weighted by molar-refractivity contribution is -0.137. The van der Waals surface area contributed by atoms with Crippen LogP contribution in [0.5, 0.6) is 0 Å². The first-order valence-corrected chi connectivity index (χ1v) is 6.56. The standard InChI is InChI=1S/C13H26N2O/c1-5-6-11(3)15(4)13(16)12-7-8-14-10(2)9-12/h10-12,14H,5-9H2,1-4H3. The van der Waals surface area contributed by atoms with Crippen LogP contribution in [0.15, 0.2) is 0 Å². The molecule has 0 bridgehead atoms. The molecule has 1 aliphatic heterocycles. The molecular formula is C13H26N2O. The largest absolute Gasteiger partial charge is 0.343 e. The van der Waals surface area contributed by atoms with E-state index in [1.807, 2.05) is 11.9 Å². The van der Waals surface area contributed by atoms with Gasteiger partial charge in [0.05, 0.1) is 0 Å². The fourth-order valence-electron chi connectivity index (χ4n) is 2.47. The summed E-state index contributed by atoms with van der Waals surface area (Å²) in [6, 6.07) is 0.861. The maximum Gasteiger partial charge on any atom is 0.225 e. The van der Waals surface area contributed by atoms with Crippen LogP contribution in [-0.4, -0.2) is 36.5 Å². The quantitative estimate of drug-likeness (QED) is 0.795. The number of amides is 1. The van der Waals surface area contributed by atoms with Crippen molar-refractivity contribution in [3.05, 3.63) is 0 Å². The van der Waals surface area contributed by atoms with E-state index in [2.05, 4.69) is 26.1 Å². The van der Waals surface area contributed by atoms with Crippen molar-refractivity contribution < 1.29 is 4.79 Å². The predicted molar refractivity (Wildman–Crippen MR) is 67.3 cm³/mol. The lowest BCUT2D eigenvalue weighted by Crippen LogP contribution is -2.45. The van der Waals surface area contributed by atoms with Gasteiger partial charge in [0, 0.05) is 25.0 Å². The summed E-state index contributed by atoms with van der Waals surface area (Å²) in [5.74, 6) is 0.579. The normalized spacial score (nSPS) is 27.5. The summed E-state index contributed by atoms with van der Waals surface area (Å²) < 4.78 is 0. The maximum atomic E-state index is 12.3. The van der Waals surface area contributed by atoms with Crippen LogP contribution in [0.3, 0.4) is 0 Å². The average molecular weight is 226 g/mol. The smallest absolute Gasteiger partial charge is 0.225 e. The molecule has 1 fully saturated rings. The van der Waals surface area contributed by atoms with Crippen LogP contribution in [-0.2, 0) is 4.79 Å². The molecule has 0 radical (unpaired) electrons. The van der Waals surface area contributed by atoms with Crippen LogP contribution in [0.25, 0.3) is 0 Å². The Morgan fingerprint density at radius 2 is 2.25 bits per heavy atom. The minimum absolute atomic E-state index is 0.237. The highest BCUT2D eigenvalue weighted by Gasteiger charge is 2.28. The van der Waals surface area contributed by atoms with Crippen LogP contribution in [0.1, 0.15) is 46.5 Å². The molecule has 1 aliphatic rings. The first-order chi connectivity index (χ1) is 7.56. The van der Waals surface area contributed by atoms with Crippen LogP contribution < -0.4 is 5.32 Å². The number of hydrogen-bond donors (Lipinski definition) is 1. The lowest BCUT2D eigenvalue weighted by Gasteiger charge is -2.33. The molecule has 1 heterocycles. The van der Waals surface area contributed by atoms with E-state index in [1.165, 1.54) is 0 Å². The summed E-state index contributed by atoms with van der Waals surface area (Å²) in [7, 11) is 1.95. The van der Waals surface area contributed by atoms with Crippen LogP contribution >= 0.6 is 0 Å². The van der Waals surface area contributed by atoms with E-state index >= 15 is 0 Å². The molecule has 0 aliphatic carbocycles. The van der Waals surface area contributed by atoms with Gasteiger partial charge in [-0.15, -0.1) is 0 Å². The Balaban J connectivity index is 2.48. The number of nitrogens with zero attached hydrogens (tertiary/aromatic N) is 1. The topological polar surface area (TPSA) is 32.3 Å². The van der Waals surface area contributed by atoms with Gasteiger partial charge >= 0.3 is 0 Å². The third-order valence-corrected chi connectivity index (χ3v) is 3.69. The van der Waals surface area contributed by atoms with Crippen LogP contribution in [0, 0.1) is 5.92 Å². The van der Waals surface area contributed by atoms with Crippen molar-refractivity contribution in [3.63, 3.8) is 0 Å². The molecule has 0 aromatic carbocycles. The van der Waals surface area contributed by atoms with Gasteiger partial charge in [-0.2, -0.15) is 0 Å². The molecule has 0 spiro atoms. The van der Waals surface area contributed by atoms with Crippen molar-refractivity contribution in [1.82, 2.24) is 10.2 Å². The summed E-state index contributed by atoms with van der Waals surface area (Å²) in [4.78, 5) is 14.2. The summed E-state index contributed by atoms with van der Waals surface area (Å²) in [6.07, 6.45) is 4.22. The van der Waals surface area contributed by atoms with Gasteiger partial charge in [-0.25, -0.2) is 0 Å². The molecule has 0 saturated carbocycles. The van der Waals surface area contributed by atoms with Crippen molar-refractivity contribution in [3.8, 4) is 0 Å². The van der Waals surface area contributed by atoms with Gasteiger partial charge < -0.3 is 10.2 Å². The van der Waals surface area contributed by atoms with Gasteiger partial charge in [0.15, 0.2) is 0 Å². The summed E-state index contributed by atoms with van der Waals surface area (Å²) in [5, 5.41) is 3.39. The zero-order valence-corrected chi connectivity index (χ0v) is 11.1. The third kappa shape index (κ3) is 3.48. The molecule has 1 N–H and O–H groups in total. The first-order valence-electron chi connectivity index (χ1n) is 6.56. The van der Waals surface area contributed by atoms with Gasteiger partial charge in [0.25, 0.3) is 0 Å². The Bertz CT molecular complexity index is 230. The van der Waals surface area contributed by atoms with Gasteiger partial charge in [0.2, 0.25) is 5.91 Å². The Morgan fingerprint density at radius 3 is 2.81 bits per heavy atom. The highest BCUT2D eigenvalue weighted by molar-refractivity contribution is 5.79. The average Bonchev–Trinajstić information content (AvgIpc) is 2.27. The monoisotopic (exact) mass is 226 g/mol. The van der Waals surface area contributed by atoms with Gasteiger partial charge in [-0.3, -0.25) is 4.79 Å². The Kier molecular flexibility index (Phi) is 5.26. The number of carbonyl (C=O) groups is 1. The molecule has 3 heteroatoms. The van der Waals surface area contributed by atoms with E-state index in [1.54, 1.807) is 0 Å². The van der Waals surface area contributed by atoms with E-state index in [-0.39, 0.29) is 5.92 Å². The second-order valence-corrected chi connectivity index (χ2v) is 5.16. The number of carbonyl (C=O) groups excluding carboxylic acids is 1. The number of hydrogen-bond acceptors (Lipinski definition) is 2. The minimum atomic E-state index is 0.237. The summed E-state index contributed by atoms with van der Waals surface area (Å²) in [6.45, 7) is 7.45. The molecule has 1 saturated heterocycles. The molecule has 0 aromatic heterocycles. The highest BCUT2D eigenvalue weighted by Crippen LogP contribution is 2.20.